The van der Waals surface area contributed by atoms with Crippen LogP contribution in [-0.2, 0) is 6.54 Å². The molecular formula is C25H22N2O2S2. The molecule has 4 nitrogen and oxygen atoms in total. The number of carbonyl (C=O) groups excluding carboxylic acids is 1. The third kappa shape index (κ3) is 4.27. The maximum absolute atomic E-state index is 13.4. The van der Waals surface area contributed by atoms with Crippen LogP contribution in [0.25, 0.3) is 21.3 Å². The van der Waals surface area contributed by atoms with Crippen molar-refractivity contribution < 1.29 is 4.79 Å². The fraction of sp³-hybridized carbons (Fsp3) is 0.160. The molecule has 0 N–H and O–H groups in total. The third-order valence-electron chi connectivity index (χ3n) is 5.22. The minimum atomic E-state index is -0.105. The van der Waals surface area contributed by atoms with Crippen molar-refractivity contribution in [2.45, 2.75) is 25.5 Å². The number of thiophene rings is 1. The van der Waals surface area contributed by atoms with Crippen LogP contribution in [0, 0.1) is 13.8 Å². The molecule has 0 radical (unpaired) electrons. The Labute approximate surface area is 189 Å². The molecule has 0 aliphatic rings. The summed E-state index contributed by atoms with van der Waals surface area (Å²) in [6.07, 6.45) is 1.68. The first-order valence-electron chi connectivity index (χ1n) is 9.91. The van der Waals surface area contributed by atoms with E-state index in [4.69, 9.17) is 4.98 Å². The number of aryl methyl sites for hydroxylation is 2. The van der Waals surface area contributed by atoms with Gasteiger partial charge in [0.15, 0.2) is 10.9 Å². The number of thioether (sulfide) groups is 1. The average Bonchev–Trinajstić information content (AvgIpc) is 3.21. The fourth-order valence-corrected chi connectivity index (χ4v) is 5.26. The summed E-state index contributed by atoms with van der Waals surface area (Å²) in [5.74, 6) is 0.234. The predicted molar refractivity (Wildman–Crippen MR) is 130 cm³/mol. The van der Waals surface area contributed by atoms with E-state index in [0.717, 1.165) is 22.3 Å². The van der Waals surface area contributed by atoms with E-state index >= 15 is 0 Å². The molecule has 0 atom stereocenters. The van der Waals surface area contributed by atoms with Gasteiger partial charge in [-0.2, -0.15) is 0 Å². The molecule has 0 fully saturated rings. The minimum absolute atomic E-state index is 0.0174. The van der Waals surface area contributed by atoms with Crippen LogP contribution in [0.1, 0.15) is 21.5 Å². The monoisotopic (exact) mass is 446 g/mol. The Balaban J connectivity index is 1.70. The molecule has 0 aliphatic carbocycles. The van der Waals surface area contributed by atoms with Crippen LogP contribution < -0.4 is 5.56 Å². The molecule has 156 valence electrons. The van der Waals surface area contributed by atoms with Crippen molar-refractivity contribution in [3.05, 3.63) is 93.6 Å². The molecule has 4 rings (SSSR count). The maximum Gasteiger partial charge on any atom is 0.263 e. The van der Waals surface area contributed by atoms with E-state index in [-0.39, 0.29) is 17.1 Å². The highest BCUT2D eigenvalue weighted by molar-refractivity contribution is 7.99. The van der Waals surface area contributed by atoms with Gasteiger partial charge in [-0.05, 0) is 36.6 Å². The highest BCUT2D eigenvalue weighted by Crippen LogP contribution is 2.32. The Bertz CT molecular complexity index is 1340. The molecule has 2 aromatic carbocycles. The van der Waals surface area contributed by atoms with Crippen LogP contribution in [0.5, 0.6) is 0 Å². The van der Waals surface area contributed by atoms with Gasteiger partial charge < -0.3 is 0 Å². The molecule has 0 unspecified atom stereocenters. The lowest BCUT2D eigenvalue weighted by molar-refractivity contribution is 0.102. The van der Waals surface area contributed by atoms with E-state index in [1.165, 1.54) is 23.1 Å². The van der Waals surface area contributed by atoms with E-state index in [0.29, 0.717) is 27.5 Å². The number of hydrogen-bond donors (Lipinski definition) is 0. The molecule has 2 heterocycles. The normalized spacial score (nSPS) is 11.0. The number of benzene rings is 2. The zero-order valence-electron chi connectivity index (χ0n) is 17.4. The van der Waals surface area contributed by atoms with Gasteiger partial charge in [-0.1, -0.05) is 60.3 Å². The molecule has 4 aromatic rings. The zero-order valence-corrected chi connectivity index (χ0v) is 19.1. The van der Waals surface area contributed by atoms with Crippen molar-refractivity contribution in [3.8, 4) is 11.1 Å². The molecule has 0 aliphatic heterocycles. The summed E-state index contributed by atoms with van der Waals surface area (Å²) in [7, 11) is 0. The van der Waals surface area contributed by atoms with Gasteiger partial charge in [-0.15, -0.1) is 17.9 Å². The van der Waals surface area contributed by atoms with Gasteiger partial charge in [0.05, 0.1) is 11.1 Å². The van der Waals surface area contributed by atoms with E-state index in [9.17, 15) is 9.59 Å². The van der Waals surface area contributed by atoms with Crippen molar-refractivity contribution in [3.63, 3.8) is 0 Å². The lowest BCUT2D eigenvalue weighted by atomic mass is 10.0. The first-order chi connectivity index (χ1) is 15.0. The number of Topliss-reactive ketones (excluding diaryl/α,β-unsaturated/α-hetero) is 1. The summed E-state index contributed by atoms with van der Waals surface area (Å²) < 4.78 is 1.60. The summed E-state index contributed by atoms with van der Waals surface area (Å²) in [5, 5.41) is 3.13. The van der Waals surface area contributed by atoms with E-state index < -0.39 is 0 Å². The van der Waals surface area contributed by atoms with Gasteiger partial charge in [0.25, 0.3) is 5.56 Å². The summed E-state index contributed by atoms with van der Waals surface area (Å²) in [6, 6.07) is 15.6. The third-order valence-corrected chi connectivity index (χ3v) is 7.07. The fourth-order valence-electron chi connectivity index (χ4n) is 3.36. The summed E-state index contributed by atoms with van der Waals surface area (Å²) in [4.78, 5) is 31.5. The number of carbonyl (C=O) groups is 1. The molecule has 0 saturated carbocycles. The Morgan fingerprint density at radius 2 is 1.94 bits per heavy atom. The Morgan fingerprint density at radius 1 is 1.16 bits per heavy atom. The van der Waals surface area contributed by atoms with Crippen molar-refractivity contribution in [1.82, 2.24) is 9.55 Å². The van der Waals surface area contributed by atoms with Crippen molar-refractivity contribution in [1.29, 1.82) is 0 Å². The Kier molecular flexibility index (Phi) is 6.20. The second-order valence-corrected chi connectivity index (χ2v) is 9.11. The quantitative estimate of drug-likeness (QED) is 0.153. The van der Waals surface area contributed by atoms with Crippen LogP contribution in [-0.4, -0.2) is 21.1 Å². The van der Waals surface area contributed by atoms with E-state index in [1.807, 2.05) is 67.8 Å². The molecule has 0 bridgehead atoms. The maximum atomic E-state index is 13.4. The van der Waals surface area contributed by atoms with Gasteiger partial charge in [0.2, 0.25) is 0 Å². The number of fused-ring (bicyclic) bond motifs is 1. The Hall–Kier alpha value is -2.96. The lowest BCUT2D eigenvalue weighted by Crippen LogP contribution is -2.23. The highest BCUT2D eigenvalue weighted by Gasteiger charge is 2.18. The number of ketones is 1. The molecule has 0 amide bonds. The van der Waals surface area contributed by atoms with Crippen LogP contribution in [0.15, 0.2) is 76.5 Å². The first-order valence-corrected chi connectivity index (χ1v) is 11.8. The highest BCUT2D eigenvalue weighted by atomic mass is 32.2. The van der Waals surface area contributed by atoms with Crippen LogP contribution in [0.4, 0.5) is 0 Å². The number of hydrogen-bond acceptors (Lipinski definition) is 5. The molecule has 2 aromatic heterocycles. The van der Waals surface area contributed by atoms with Crippen molar-refractivity contribution >= 4 is 39.1 Å². The summed E-state index contributed by atoms with van der Waals surface area (Å²) in [6.45, 7) is 8.15. The second-order valence-electron chi connectivity index (χ2n) is 7.31. The van der Waals surface area contributed by atoms with Crippen LogP contribution in [0.3, 0.4) is 0 Å². The first kappa shape index (κ1) is 21.3. The topological polar surface area (TPSA) is 52.0 Å². The molecular weight excluding hydrogens is 424 g/mol. The number of rotatable bonds is 7. The lowest BCUT2D eigenvalue weighted by Gasteiger charge is -2.11. The zero-order chi connectivity index (χ0) is 22.0. The van der Waals surface area contributed by atoms with Crippen molar-refractivity contribution in [2.75, 3.05) is 5.75 Å². The average molecular weight is 447 g/mol. The van der Waals surface area contributed by atoms with Gasteiger partial charge in [-0.3, -0.25) is 14.2 Å². The van der Waals surface area contributed by atoms with Crippen LogP contribution >= 0.6 is 23.1 Å². The smallest absolute Gasteiger partial charge is 0.263 e. The SMILES string of the molecule is C=CCn1c(SCC(=O)c2ccc(C)c(C)c2)nc2scc(-c3ccccc3)c2c1=O. The second kappa shape index (κ2) is 9.04. The number of aromatic nitrogens is 2. The molecule has 6 heteroatoms. The molecule has 0 saturated heterocycles. The number of allylic oxidation sites excluding steroid dienone is 1. The van der Waals surface area contributed by atoms with Gasteiger partial charge in [0.1, 0.15) is 4.83 Å². The molecule has 0 spiro atoms. The Morgan fingerprint density at radius 3 is 2.65 bits per heavy atom. The summed E-state index contributed by atoms with van der Waals surface area (Å²) in [5.41, 5.74) is 4.69. The van der Waals surface area contributed by atoms with E-state index in [2.05, 4.69) is 6.58 Å². The predicted octanol–water partition coefficient (Wildman–Crippen LogP) is 5.90. The van der Waals surface area contributed by atoms with Crippen molar-refractivity contribution in [2.24, 2.45) is 0 Å². The number of nitrogens with zero attached hydrogens (tertiary/aromatic N) is 2. The van der Waals surface area contributed by atoms with Crippen LogP contribution in [0.2, 0.25) is 0 Å². The standard InChI is InChI=1S/C25H22N2O2S2/c1-4-12-27-24(29)22-20(18-8-6-5-7-9-18)14-30-23(22)26-25(27)31-15-21(28)19-11-10-16(2)17(3)13-19/h4-11,13-14H,1,12,15H2,2-3H3. The van der Waals surface area contributed by atoms with Gasteiger partial charge in [0, 0.05) is 23.1 Å². The van der Waals surface area contributed by atoms with Gasteiger partial charge >= 0.3 is 0 Å². The van der Waals surface area contributed by atoms with Gasteiger partial charge in [-0.25, -0.2) is 4.98 Å². The minimum Gasteiger partial charge on any atom is -0.293 e. The summed E-state index contributed by atoms with van der Waals surface area (Å²) >= 11 is 2.74. The molecule has 31 heavy (non-hydrogen) atoms. The van der Waals surface area contributed by atoms with E-state index in [1.54, 1.807) is 10.6 Å². The largest absolute Gasteiger partial charge is 0.293 e.